The fourth-order valence-electron chi connectivity index (χ4n) is 3.10. The lowest BCUT2D eigenvalue weighted by Gasteiger charge is -2.16. The molecule has 3 aromatic heterocycles. The summed E-state index contributed by atoms with van der Waals surface area (Å²) in [6.07, 6.45) is 1.31. The number of carbonyl (C=O) groups is 1. The van der Waals surface area contributed by atoms with Crippen LogP contribution in [0.5, 0.6) is 0 Å². The molecule has 0 radical (unpaired) electrons. The number of ketones is 1. The number of aromatic nitrogens is 5. The van der Waals surface area contributed by atoms with Crippen LogP contribution in [0.2, 0.25) is 5.02 Å². The van der Waals surface area contributed by atoms with Crippen molar-refractivity contribution in [2.75, 3.05) is 11.1 Å². The third-order valence-electron chi connectivity index (χ3n) is 4.77. The van der Waals surface area contributed by atoms with E-state index >= 15 is 0 Å². The largest absolute Gasteiger partial charge is 0.382 e. The standard InChI is InChI=1S/C23H18ClN7O2/c1-12(21-30-18-8-4-6-16(24)19(18)23(33)31-21)28-22-15(20(25)26-11-27-22)10-9-14-5-3-7-17(29-14)13(2)32/h3-8,11-12H,1-2H3,(H,30,31,33)(H3,25,26,27,28). The average molecular weight is 460 g/mol. The number of hydrogen-bond donors (Lipinski definition) is 3. The second-order valence-electron chi connectivity index (χ2n) is 7.15. The van der Waals surface area contributed by atoms with Gasteiger partial charge >= 0.3 is 0 Å². The molecule has 0 spiro atoms. The van der Waals surface area contributed by atoms with Crippen molar-refractivity contribution >= 4 is 39.9 Å². The maximum Gasteiger partial charge on any atom is 0.260 e. The third-order valence-corrected chi connectivity index (χ3v) is 5.08. The SMILES string of the molecule is CC(=O)c1cccc(C#Cc2c(N)ncnc2NC(C)c2nc3cccc(Cl)c3c(=O)[nH]2)n1. The van der Waals surface area contributed by atoms with Crippen LogP contribution in [-0.2, 0) is 0 Å². The summed E-state index contributed by atoms with van der Waals surface area (Å²) >= 11 is 6.13. The van der Waals surface area contributed by atoms with Crippen LogP contribution >= 0.6 is 11.6 Å². The number of carbonyl (C=O) groups excluding carboxylic acids is 1. The van der Waals surface area contributed by atoms with Crippen molar-refractivity contribution in [2.24, 2.45) is 0 Å². The number of aromatic amines is 1. The van der Waals surface area contributed by atoms with Gasteiger partial charge in [0.15, 0.2) is 5.78 Å². The monoisotopic (exact) mass is 459 g/mol. The number of halogens is 1. The number of benzene rings is 1. The van der Waals surface area contributed by atoms with Crippen molar-refractivity contribution in [3.05, 3.63) is 80.9 Å². The van der Waals surface area contributed by atoms with Crippen LogP contribution in [0.25, 0.3) is 10.9 Å². The molecule has 164 valence electrons. The van der Waals surface area contributed by atoms with Crippen molar-refractivity contribution in [2.45, 2.75) is 19.9 Å². The number of nitrogens with zero attached hydrogens (tertiary/aromatic N) is 4. The molecule has 0 aliphatic carbocycles. The molecule has 1 atom stereocenters. The Morgan fingerprint density at radius 1 is 1.15 bits per heavy atom. The first-order valence-corrected chi connectivity index (χ1v) is 10.3. The molecule has 9 nitrogen and oxygen atoms in total. The average Bonchev–Trinajstić information content (AvgIpc) is 2.78. The Kier molecular flexibility index (Phi) is 6.02. The summed E-state index contributed by atoms with van der Waals surface area (Å²) in [6.45, 7) is 3.24. The molecule has 10 heteroatoms. The van der Waals surface area contributed by atoms with Gasteiger partial charge in [-0.2, -0.15) is 0 Å². The number of pyridine rings is 1. The lowest BCUT2D eigenvalue weighted by Crippen LogP contribution is -2.19. The highest BCUT2D eigenvalue weighted by atomic mass is 35.5. The second kappa shape index (κ2) is 9.06. The highest BCUT2D eigenvalue weighted by Crippen LogP contribution is 2.23. The van der Waals surface area contributed by atoms with Crippen LogP contribution in [0.3, 0.4) is 0 Å². The minimum atomic E-state index is -0.449. The van der Waals surface area contributed by atoms with Gasteiger partial charge in [0, 0.05) is 6.92 Å². The Hall–Kier alpha value is -4.29. The maximum absolute atomic E-state index is 12.5. The quantitative estimate of drug-likeness (QED) is 0.312. The first-order chi connectivity index (χ1) is 15.8. The topological polar surface area (TPSA) is 140 Å². The summed E-state index contributed by atoms with van der Waals surface area (Å²) in [5.74, 6) is 6.57. The van der Waals surface area contributed by atoms with Crippen LogP contribution in [0.1, 0.15) is 47.5 Å². The molecule has 3 heterocycles. The molecule has 4 N–H and O–H groups in total. The first-order valence-electron chi connectivity index (χ1n) is 9.89. The van der Waals surface area contributed by atoms with Crippen molar-refractivity contribution in [3.8, 4) is 11.8 Å². The molecule has 4 rings (SSSR count). The molecular weight excluding hydrogens is 442 g/mol. The lowest BCUT2D eigenvalue weighted by molar-refractivity contribution is 0.101. The third kappa shape index (κ3) is 4.66. The molecule has 0 aliphatic rings. The molecule has 0 aliphatic heterocycles. The van der Waals surface area contributed by atoms with E-state index in [1.54, 1.807) is 36.4 Å². The van der Waals surface area contributed by atoms with Gasteiger partial charge in [-0.3, -0.25) is 9.59 Å². The van der Waals surface area contributed by atoms with E-state index in [4.69, 9.17) is 17.3 Å². The van der Waals surface area contributed by atoms with E-state index in [-0.39, 0.29) is 17.2 Å². The van der Waals surface area contributed by atoms with E-state index in [0.29, 0.717) is 44.5 Å². The van der Waals surface area contributed by atoms with E-state index in [9.17, 15) is 9.59 Å². The smallest absolute Gasteiger partial charge is 0.260 e. The molecule has 1 unspecified atom stereocenters. The van der Waals surface area contributed by atoms with Gasteiger partial charge in [-0.25, -0.2) is 19.9 Å². The predicted molar refractivity (Wildman–Crippen MR) is 126 cm³/mol. The second-order valence-corrected chi connectivity index (χ2v) is 7.56. The number of Topliss-reactive ketones (excluding diaryl/α,β-unsaturated/α-hetero) is 1. The van der Waals surface area contributed by atoms with Crippen molar-refractivity contribution < 1.29 is 4.79 Å². The normalized spacial score (nSPS) is 11.5. The Morgan fingerprint density at radius 3 is 2.73 bits per heavy atom. The summed E-state index contributed by atoms with van der Waals surface area (Å²) in [5, 5.41) is 3.82. The van der Waals surface area contributed by atoms with Crippen LogP contribution < -0.4 is 16.6 Å². The molecule has 4 aromatic rings. The highest BCUT2D eigenvalue weighted by molar-refractivity contribution is 6.35. The summed E-state index contributed by atoms with van der Waals surface area (Å²) in [7, 11) is 0. The van der Waals surface area contributed by atoms with Crippen molar-refractivity contribution in [3.63, 3.8) is 0 Å². The zero-order chi connectivity index (χ0) is 23.5. The summed E-state index contributed by atoms with van der Waals surface area (Å²) in [4.78, 5) is 43.8. The van der Waals surface area contributed by atoms with Gasteiger partial charge in [0.25, 0.3) is 5.56 Å². The lowest BCUT2D eigenvalue weighted by atomic mass is 10.2. The Bertz CT molecular complexity index is 1500. The molecule has 0 fully saturated rings. The Labute approximate surface area is 193 Å². The number of rotatable bonds is 4. The molecule has 0 amide bonds. The van der Waals surface area contributed by atoms with Crippen LogP contribution in [0.4, 0.5) is 11.6 Å². The highest BCUT2D eigenvalue weighted by Gasteiger charge is 2.16. The summed E-state index contributed by atoms with van der Waals surface area (Å²) in [6, 6.07) is 9.64. The van der Waals surface area contributed by atoms with Gasteiger partial charge in [-0.1, -0.05) is 29.7 Å². The van der Waals surface area contributed by atoms with E-state index in [1.165, 1.54) is 13.3 Å². The summed E-state index contributed by atoms with van der Waals surface area (Å²) in [5.41, 5.74) is 7.25. The van der Waals surface area contributed by atoms with E-state index in [0.717, 1.165) is 0 Å². The van der Waals surface area contributed by atoms with Gasteiger partial charge in [0.1, 0.15) is 40.7 Å². The fourth-order valence-corrected chi connectivity index (χ4v) is 3.36. The van der Waals surface area contributed by atoms with Gasteiger partial charge in [-0.15, -0.1) is 0 Å². The zero-order valence-corrected chi connectivity index (χ0v) is 18.4. The van der Waals surface area contributed by atoms with E-state index in [1.807, 2.05) is 6.92 Å². The number of nitrogens with two attached hydrogens (primary N) is 1. The molecule has 33 heavy (non-hydrogen) atoms. The molecule has 0 saturated carbocycles. The van der Waals surface area contributed by atoms with Crippen LogP contribution in [0, 0.1) is 11.8 Å². The number of H-pyrrole nitrogens is 1. The zero-order valence-electron chi connectivity index (χ0n) is 17.7. The number of nitrogen functional groups attached to an aromatic ring is 1. The summed E-state index contributed by atoms with van der Waals surface area (Å²) < 4.78 is 0. The Morgan fingerprint density at radius 2 is 1.94 bits per heavy atom. The van der Waals surface area contributed by atoms with Crippen LogP contribution in [-0.4, -0.2) is 30.7 Å². The minimum absolute atomic E-state index is 0.157. The maximum atomic E-state index is 12.5. The predicted octanol–water partition coefficient (Wildman–Crippen LogP) is 3.12. The van der Waals surface area contributed by atoms with Crippen molar-refractivity contribution in [1.29, 1.82) is 0 Å². The molecule has 0 saturated heterocycles. The van der Waals surface area contributed by atoms with Crippen molar-refractivity contribution in [1.82, 2.24) is 24.9 Å². The molecule has 1 aromatic carbocycles. The number of nitrogens with one attached hydrogen (secondary N) is 2. The van der Waals surface area contributed by atoms with E-state index < -0.39 is 6.04 Å². The number of anilines is 2. The first kappa shape index (κ1) is 21.9. The van der Waals surface area contributed by atoms with Gasteiger partial charge in [-0.05, 0) is 37.1 Å². The fraction of sp³-hybridized carbons (Fsp3) is 0.130. The van der Waals surface area contributed by atoms with Gasteiger partial charge < -0.3 is 16.0 Å². The van der Waals surface area contributed by atoms with Gasteiger partial charge in [0.05, 0.1) is 22.0 Å². The number of hydrogen-bond acceptors (Lipinski definition) is 8. The van der Waals surface area contributed by atoms with E-state index in [2.05, 4.69) is 42.1 Å². The molecular formula is C23H18ClN7O2. The van der Waals surface area contributed by atoms with Crippen LogP contribution in [0.15, 0.2) is 47.5 Å². The Balaban J connectivity index is 1.68. The minimum Gasteiger partial charge on any atom is -0.382 e. The van der Waals surface area contributed by atoms with Gasteiger partial charge in [0.2, 0.25) is 0 Å². The molecule has 0 bridgehead atoms. The number of fused-ring (bicyclic) bond motifs is 1.